The summed E-state index contributed by atoms with van der Waals surface area (Å²) in [5, 5.41) is 22.6. The zero-order chi connectivity index (χ0) is 42.5. The number of carbonyl (C=O) groups is 2. The minimum Gasteiger partial charge on any atom is -0.457 e. The first-order valence-electron chi connectivity index (χ1n) is 20.7. The van der Waals surface area contributed by atoms with E-state index >= 15 is 0 Å². The van der Waals surface area contributed by atoms with Crippen LogP contribution in [0.4, 0.5) is 0 Å². The minimum atomic E-state index is -2.06. The largest absolute Gasteiger partial charge is 0.457 e. The number of fused-ring (bicyclic) bond motifs is 4. The number of aliphatic hydroxyl groups is 2. The highest BCUT2D eigenvalue weighted by atomic mass is 16.8. The van der Waals surface area contributed by atoms with Gasteiger partial charge in [-0.15, -0.1) is 0 Å². The molecule has 15 nitrogen and oxygen atoms in total. The number of methoxy groups -OCH3 is 4. The number of ketones is 1. The molecule has 17 atom stereocenters. The molecule has 0 spiro atoms. The van der Waals surface area contributed by atoms with E-state index in [4.69, 9.17) is 52.1 Å². The minimum absolute atomic E-state index is 0.0779. The third kappa shape index (κ3) is 10.3. The van der Waals surface area contributed by atoms with E-state index in [-0.39, 0.29) is 31.8 Å². The molecule has 330 valence electrons. The monoisotopic (exact) mass is 824 g/mol. The van der Waals surface area contributed by atoms with Crippen molar-refractivity contribution in [2.24, 2.45) is 23.2 Å². The fourth-order valence-electron chi connectivity index (χ4n) is 8.67. The van der Waals surface area contributed by atoms with Crippen LogP contribution in [0.2, 0.25) is 0 Å². The van der Waals surface area contributed by atoms with Crippen LogP contribution < -0.4 is 0 Å². The lowest BCUT2D eigenvalue weighted by molar-refractivity contribution is -0.358. The Hall–Kier alpha value is -2.12. The summed E-state index contributed by atoms with van der Waals surface area (Å²) in [4.78, 5) is 27.9. The smallest absolute Gasteiger partial charge is 0.309 e. The maximum absolute atomic E-state index is 14.1. The van der Waals surface area contributed by atoms with Gasteiger partial charge in [0.2, 0.25) is 5.79 Å². The topological polar surface area (TPSA) is 176 Å². The van der Waals surface area contributed by atoms with Crippen LogP contribution in [0.25, 0.3) is 0 Å². The molecule has 5 rings (SSSR count). The first-order valence-corrected chi connectivity index (χ1v) is 20.7. The van der Waals surface area contributed by atoms with Crippen molar-refractivity contribution in [1.82, 2.24) is 0 Å². The number of Topliss-reactive ketones (excluding diaryl/α,β-unsaturated/α-hetero) is 1. The highest BCUT2D eigenvalue weighted by molar-refractivity contribution is 5.86. The molecular formula is C43H68O15. The first-order chi connectivity index (χ1) is 27.5. The average Bonchev–Trinajstić information content (AvgIpc) is 3.50. The summed E-state index contributed by atoms with van der Waals surface area (Å²) < 4.78 is 67.6. The van der Waals surface area contributed by atoms with E-state index in [0.29, 0.717) is 12.3 Å². The second-order valence-corrected chi connectivity index (χ2v) is 17.3. The van der Waals surface area contributed by atoms with Crippen LogP contribution in [0.15, 0.2) is 36.5 Å². The van der Waals surface area contributed by atoms with Crippen LogP contribution in [-0.2, 0) is 61.7 Å². The van der Waals surface area contributed by atoms with Gasteiger partial charge in [-0.3, -0.25) is 9.59 Å². The molecule has 0 aromatic rings. The van der Waals surface area contributed by atoms with Crippen LogP contribution in [0.5, 0.6) is 0 Å². The normalized spacial score (nSPS) is 44.1. The molecule has 0 aromatic heterocycles. The molecule has 2 N–H and O–H groups in total. The molecule has 0 saturated carbocycles. The molecule has 5 heterocycles. The van der Waals surface area contributed by atoms with Crippen molar-refractivity contribution in [3.05, 3.63) is 36.5 Å². The Morgan fingerprint density at radius 3 is 2.12 bits per heavy atom. The summed E-state index contributed by atoms with van der Waals surface area (Å²) in [7, 11) is 6.02. The lowest BCUT2D eigenvalue weighted by Crippen LogP contribution is -2.63. The zero-order valence-corrected chi connectivity index (χ0v) is 36.0. The van der Waals surface area contributed by atoms with Gasteiger partial charge in [-0.1, -0.05) is 71.9 Å². The summed E-state index contributed by atoms with van der Waals surface area (Å²) in [6.07, 6.45) is 1.19. The molecule has 4 bridgehead atoms. The standard InChI is InChI=1S/C43H68O15/c1-23(2)16-14-12-13-15-17-32-42(6,7)33-18-24(3)43(47,58-33)31(44)20-27-19-28(25(4)29(54-27)21-34(45)56-32)55-40-38(50-10)36(30(48-8)22-52-40)57-41-39(51-11)37(49-9)35(46)26(5)53-41/h12-17,23-30,32-33,35-41,46-47H,18-22H2,1-11H3/b13-12+,16-14+,17-15+/t24-,25-,26-,27+,28+,29+,30+,32-,33-,35+,36-,37+,38+,39-,40-,41-,43-/m0/s1. The Morgan fingerprint density at radius 1 is 0.793 bits per heavy atom. The second-order valence-electron chi connectivity index (χ2n) is 17.3. The maximum Gasteiger partial charge on any atom is 0.309 e. The molecule has 0 radical (unpaired) electrons. The van der Waals surface area contributed by atoms with Gasteiger partial charge in [-0.05, 0) is 25.3 Å². The van der Waals surface area contributed by atoms with Gasteiger partial charge in [0.15, 0.2) is 18.4 Å². The summed E-state index contributed by atoms with van der Waals surface area (Å²) in [6.45, 7) is 13.5. The van der Waals surface area contributed by atoms with E-state index in [2.05, 4.69) is 19.9 Å². The Morgan fingerprint density at radius 2 is 1.47 bits per heavy atom. The number of rotatable bonds is 12. The second kappa shape index (κ2) is 20.2. The zero-order valence-electron chi connectivity index (χ0n) is 36.0. The molecule has 0 unspecified atom stereocenters. The summed E-state index contributed by atoms with van der Waals surface area (Å²) in [6, 6.07) is 0. The van der Waals surface area contributed by atoms with Gasteiger partial charge < -0.3 is 62.3 Å². The maximum atomic E-state index is 14.1. The van der Waals surface area contributed by atoms with Crippen molar-refractivity contribution >= 4 is 11.8 Å². The van der Waals surface area contributed by atoms with E-state index in [1.807, 2.05) is 51.2 Å². The van der Waals surface area contributed by atoms with Gasteiger partial charge in [0, 0.05) is 58.5 Å². The van der Waals surface area contributed by atoms with Crippen molar-refractivity contribution in [2.45, 2.75) is 166 Å². The van der Waals surface area contributed by atoms with E-state index in [1.165, 1.54) is 28.4 Å². The Labute approximate surface area is 343 Å². The van der Waals surface area contributed by atoms with Gasteiger partial charge in [0.1, 0.15) is 42.7 Å². The predicted octanol–water partition coefficient (Wildman–Crippen LogP) is 3.81. The van der Waals surface area contributed by atoms with Crippen LogP contribution >= 0.6 is 0 Å². The SMILES string of the molecule is CO[C@@H]1[C@H](O[C@@H]2[C@@H](OC)[C@H](O[C@@H]3C[C@@H]4CC(=O)[C@@]5(O)O[C@@H](C[C@@H]5C)C(C)(C)[C@H](/C=C/C=C/C=C/C(C)C)OC(=O)C[C@@H](O4)[C@H]3C)OC[C@H]2OC)O[C@@H](C)[C@@H](O)[C@H]1OC. The van der Waals surface area contributed by atoms with Gasteiger partial charge in [-0.2, -0.15) is 0 Å². The lowest BCUT2D eigenvalue weighted by Gasteiger charge is -2.48. The van der Waals surface area contributed by atoms with Crippen LogP contribution in [0.3, 0.4) is 0 Å². The lowest BCUT2D eigenvalue weighted by atomic mass is 9.77. The van der Waals surface area contributed by atoms with Gasteiger partial charge in [-0.25, -0.2) is 0 Å². The molecule has 5 fully saturated rings. The van der Waals surface area contributed by atoms with Crippen LogP contribution in [0.1, 0.15) is 74.1 Å². The summed E-state index contributed by atoms with van der Waals surface area (Å²) in [5.74, 6) is -3.54. The molecule has 15 heteroatoms. The molecule has 5 aliphatic rings. The number of allylic oxidation sites excluding steroid dienone is 5. The third-order valence-electron chi connectivity index (χ3n) is 12.6. The molecule has 0 amide bonds. The molecular weight excluding hydrogens is 756 g/mol. The number of esters is 1. The molecule has 0 aliphatic carbocycles. The molecule has 5 saturated heterocycles. The fraction of sp³-hybridized carbons (Fsp3) is 0.814. The van der Waals surface area contributed by atoms with Gasteiger partial charge in [0.25, 0.3) is 0 Å². The number of carbonyl (C=O) groups excluding carboxylic acids is 2. The van der Waals surface area contributed by atoms with Gasteiger partial charge in [0.05, 0.1) is 43.5 Å². The average molecular weight is 825 g/mol. The number of cyclic esters (lactones) is 1. The Kier molecular flexibility index (Phi) is 16.3. The highest BCUT2D eigenvalue weighted by Gasteiger charge is 2.57. The third-order valence-corrected chi connectivity index (χ3v) is 12.6. The molecule has 58 heavy (non-hydrogen) atoms. The van der Waals surface area contributed by atoms with E-state index < -0.39 is 115 Å². The molecule has 5 aliphatic heterocycles. The van der Waals surface area contributed by atoms with Crippen molar-refractivity contribution < 1.29 is 71.9 Å². The van der Waals surface area contributed by atoms with Crippen LogP contribution in [0, 0.1) is 23.2 Å². The molecule has 0 aromatic carbocycles. The number of hydrogen-bond acceptors (Lipinski definition) is 15. The van der Waals surface area contributed by atoms with E-state index in [0.717, 1.165) is 0 Å². The van der Waals surface area contributed by atoms with Crippen molar-refractivity contribution in [3.63, 3.8) is 0 Å². The van der Waals surface area contributed by atoms with E-state index in [9.17, 15) is 19.8 Å². The number of hydrogen-bond donors (Lipinski definition) is 2. The number of ether oxygens (including phenoxy) is 11. The first kappa shape index (κ1) is 46.9. The quantitative estimate of drug-likeness (QED) is 0.215. The van der Waals surface area contributed by atoms with Crippen molar-refractivity contribution in [3.8, 4) is 0 Å². The summed E-state index contributed by atoms with van der Waals surface area (Å²) >= 11 is 0. The predicted molar refractivity (Wildman–Crippen MR) is 209 cm³/mol. The fourth-order valence-corrected chi connectivity index (χ4v) is 8.67. The van der Waals surface area contributed by atoms with Gasteiger partial charge >= 0.3 is 5.97 Å². The Bertz CT molecular complexity index is 1450. The van der Waals surface area contributed by atoms with E-state index in [1.54, 1.807) is 13.8 Å². The highest BCUT2D eigenvalue weighted by Crippen LogP contribution is 2.46. The van der Waals surface area contributed by atoms with Crippen molar-refractivity contribution in [1.29, 1.82) is 0 Å². The summed E-state index contributed by atoms with van der Waals surface area (Å²) in [5.41, 5.74) is -0.811. The number of aliphatic hydroxyl groups excluding tert-OH is 1. The van der Waals surface area contributed by atoms with Crippen molar-refractivity contribution in [2.75, 3.05) is 35.0 Å². The van der Waals surface area contributed by atoms with Crippen LogP contribution in [-0.4, -0.2) is 149 Å². The Balaban J connectivity index is 1.39.